The van der Waals surface area contributed by atoms with E-state index in [-0.39, 0.29) is 29.6 Å². The highest BCUT2D eigenvalue weighted by Crippen LogP contribution is 2.43. The highest BCUT2D eigenvalue weighted by atomic mass is 16.6. The summed E-state index contributed by atoms with van der Waals surface area (Å²) >= 11 is 0. The summed E-state index contributed by atoms with van der Waals surface area (Å²) < 4.78 is 0. The van der Waals surface area contributed by atoms with E-state index in [1.54, 1.807) is 29.2 Å². The van der Waals surface area contributed by atoms with E-state index in [0.717, 1.165) is 30.5 Å². The van der Waals surface area contributed by atoms with E-state index in [9.17, 15) is 19.7 Å². The second-order valence-corrected chi connectivity index (χ2v) is 9.19. The summed E-state index contributed by atoms with van der Waals surface area (Å²) in [7, 11) is 0. The predicted octanol–water partition coefficient (Wildman–Crippen LogP) is 6.69. The highest BCUT2D eigenvalue weighted by Gasteiger charge is 2.38. The number of carbonyl (C=O) groups excluding carboxylic acids is 2. The van der Waals surface area contributed by atoms with Crippen LogP contribution in [-0.4, -0.2) is 22.8 Å². The van der Waals surface area contributed by atoms with Crippen LogP contribution in [0.4, 0.5) is 17.1 Å². The van der Waals surface area contributed by atoms with Gasteiger partial charge in [-0.2, -0.15) is 0 Å². The number of benzene rings is 3. The third kappa shape index (κ3) is 5.15. The average molecular weight is 486 g/mol. The number of hydrogen-bond donors (Lipinski definition) is 0. The molecule has 2 amide bonds. The van der Waals surface area contributed by atoms with Gasteiger partial charge >= 0.3 is 0 Å². The number of fused-ring (bicyclic) bond motifs is 1. The first-order valence-electron chi connectivity index (χ1n) is 12.5. The number of amides is 2. The topological polar surface area (TPSA) is 83.8 Å². The SMILES string of the molecule is CCCCCC(=O)N1c2ccccc2[C@@H](N(C(=O)c2ccccc2)c2ccc([N+](=O)[O-])cc2)C[C@H]1C. The van der Waals surface area contributed by atoms with Gasteiger partial charge in [-0.1, -0.05) is 56.2 Å². The Morgan fingerprint density at radius 2 is 1.64 bits per heavy atom. The fraction of sp³-hybridized carbons (Fsp3) is 0.310. The average Bonchev–Trinajstić information content (AvgIpc) is 2.89. The van der Waals surface area contributed by atoms with Crippen LogP contribution in [0.25, 0.3) is 0 Å². The second kappa shape index (κ2) is 11.2. The van der Waals surface area contributed by atoms with Crippen molar-refractivity contribution in [2.45, 2.75) is 58.0 Å². The van der Waals surface area contributed by atoms with Crippen LogP contribution in [0.5, 0.6) is 0 Å². The maximum atomic E-state index is 13.9. The third-order valence-electron chi connectivity index (χ3n) is 6.71. The Bertz CT molecular complexity index is 1230. The Kier molecular flexibility index (Phi) is 7.78. The molecule has 0 bridgehead atoms. The molecule has 0 saturated heterocycles. The molecule has 186 valence electrons. The van der Waals surface area contributed by atoms with Gasteiger partial charge in [-0.3, -0.25) is 19.7 Å². The van der Waals surface area contributed by atoms with Gasteiger partial charge in [0.15, 0.2) is 0 Å². The van der Waals surface area contributed by atoms with Crippen LogP contribution < -0.4 is 9.80 Å². The van der Waals surface area contributed by atoms with Crippen molar-refractivity contribution in [3.63, 3.8) is 0 Å². The van der Waals surface area contributed by atoms with E-state index in [2.05, 4.69) is 6.92 Å². The molecule has 1 heterocycles. The molecule has 0 aliphatic carbocycles. The van der Waals surface area contributed by atoms with E-state index in [1.165, 1.54) is 12.1 Å². The number of anilines is 2. The number of rotatable bonds is 8. The lowest BCUT2D eigenvalue weighted by atomic mass is 9.89. The molecule has 7 heteroatoms. The summed E-state index contributed by atoms with van der Waals surface area (Å²) in [6, 6.07) is 22.4. The monoisotopic (exact) mass is 485 g/mol. The summed E-state index contributed by atoms with van der Waals surface area (Å²) in [4.78, 5) is 41.5. The highest BCUT2D eigenvalue weighted by molar-refractivity contribution is 6.07. The van der Waals surface area contributed by atoms with Crippen molar-refractivity contribution in [3.8, 4) is 0 Å². The zero-order chi connectivity index (χ0) is 25.7. The number of carbonyl (C=O) groups is 2. The van der Waals surface area contributed by atoms with E-state index in [4.69, 9.17) is 0 Å². The molecule has 0 fully saturated rings. The Morgan fingerprint density at radius 3 is 2.31 bits per heavy atom. The molecule has 7 nitrogen and oxygen atoms in total. The van der Waals surface area contributed by atoms with Crippen molar-refractivity contribution in [1.29, 1.82) is 0 Å². The molecule has 0 saturated carbocycles. The van der Waals surface area contributed by atoms with Gasteiger partial charge in [0.25, 0.3) is 11.6 Å². The first kappa shape index (κ1) is 25.1. The van der Waals surface area contributed by atoms with Gasteiger partial charge in [0, 0.05) is 41.5 Å². The van der Waals surface area contributed by atoms with Gasteiger partial charge in [-0.25, -0.2) is 0 Å². The van der Waals surface area contributed by atoms with Crippen molar-refractivity contribution in [3.05, 3.63) is 100 Å². The van der Waals surface area contributed by atoms with Crippen molar-refractivity contribution in [1.82, 2.24) is 0 Å². The fourth-order valence-electron chi connectivity index (χ4n) is 4.95. The standard InChI is InChI=1S/C29H31N3O4/c1-3-4-6-15-28(33)30-21(2)20-27(25-13-9-10-14-26(25)30)31(29(34)22-11-7-5-8-12-22)23-16-18-24(19-17-23)32(35)36/h5,7-14,16-19,21,27H,3-4,6,15,20H2,1-2H3/t21-,27+/m1/s1. The van der Waals surface area contributed by atoms with E-state index < -0.39 is 4.92 Å². The first-order valence-corrected chi connectivity index (χ1v) is 12.5. The van der Waals surface area contributed by atoms with Crippen LogP contribution in [0.1, 0.15) is 67.9 Å². The smallest absolute Gasteiger partial charge is 0.269 e. The largest absolute Gasteiger partial charge is 0.309 e. The molecule has 0 unspecified atom stereocenters. The lowest BCUT2D eigenvalue weighted by molar-refractivity contribution is -0.384. The Hall–Kier alpha value is -4.00. The molecule has 3 aromatic carbocycles. The normalized spacial score (nSPS) is 16.8. The maximum Gasteiger partial charge on any atom is 0.269 e. The van der Waals surface area contributed by atoms with Gasteiger partial charge in [-0.05, 0) is 55.7 Å². The van der Waals surface area contributed by atoms with Crippen LogP contribution in [0, 0.1) is 10.1 Å². The van der Waals surface area contributed by atoms with Gasteiger partial charge in [0.1, 0.15) is 0 Å². The van der Waals surface area contributed by atoms with Gasteiger partial charge in [0.05, 0.1) is 11.0 Å². The molecular weight excluding hydrogens is 454 g/mol. The van der Waals surface area contributed by atoms with E-state index in [0.29, 0.717) is 24.1 Å². The minimum Gasteiger partial charge on any atom is -0.309 e. The first-order chi connectivity index (χ1) is 17.4. The molecule has 1 aliphatic rings. The number of para-hydroxylation sites is 1. The summed E-state index contributed by atoms with van der Waals surface area (Å²) in [5.74, 6) is -0.0997. The van der Waals surface area contributed by atoms with Gasteiger partial charge < -0.3 is 9.80 Å². The number of unbranched alkanes of at least 4 members (excludes halogenated alkanes) is 2. The lowest BCUT2D eigenvalue weighted by Gasteiger charge is -2.43. The minimum absolute atomic E-state index is 0.0351. The van der Waals surface area contributed by atoms with Gasteiger partial charge in [0.2, 0.25) is 5.91 Å². The second-order valence-electron chi connectivity index (χ2n) is 9.19. The summed E-state index contributed by atoms with van der Waals surface area (Å²) in [5, 5.41) is 11.2. The molecule has 0 spiro atoms. The quantitative estimate of drug-likeness (QED) is 0.202. The molecule has 3 aromatic rings. The molecule has 0 N–H and O–H groups in total. The molecule has 4 rings (SSSR count). The summed E-state index contributed by atoms with van der Waals surface area (Å²) in [6.07, 6.45) is 3.95. The molecule has 36 heavy (non-hydrogen) atoms. The van der Waals surface area contributed by atoms with Crippen molar-refractivity contribution in [2.24, 2.45) is 0 Å². The van der Waals surface area contributed by atoms with Crippen LogP contribution in [0.2, 0.25) is 0 Å². The van der Waals surface area contributed by atoms with Crippen LogP contribution >= 0.6 is 0 Å². The Morgan fingerprint density at radius 1 is 0.972 bits per heavy atom. The number of hydrogen-bond acceptors (Lipinski definition) is 4. The Labute approximate surface area is 211 Å². The summed E-state index contributed by atoms with van der Waals surface area (Å²) in [5.41, 5.74) is 2.77. The number of non-ortho nitro benzene ring substituents is 1. The molecule has 2 atom stereocenters. The van der Waals surface area contributed by atoms with Crippen LogP contribution in [0.15, 0.2) is 78.9 Å². The molecule has 1 aliphatic heterocycles. The van der Waals surface area contributed by atoms with Crippen molar-refractivity contribution >= 4 is 28.9 Å². The van der Waals surface area contributed by atoms with E-state index >= 15 is 0 Å². The summed E-state index contributed by atoms with van der Waals surface area (Å²) in [6.45, 7) is 4.13. The lowest BCUT2D eigenvalue weighted by Crippen LogP contribution is -2.47. The van der Waals surface area contributed by atoms with E-state index in [1.807, 2.05) is 54.3 Å². The fourth-order valence-corrected chi connectivity index (χ4v) is 4.95. The van der Waals surface area contributed by atoms with Crippen LogP contribution in [0.3, 0.4) is 0 Å². The zero-order valence-corrected chi connectivity index (χ0v) is 20.7. The zero-order valence-electron chi connectivity index (χ0n) is 20.7. The number of nitro benzene ring substituents is 1. The third-order valence-corrected chi connectivity index (χ3v) is 6.71. The predicted molar refractivity (Wildman–Crippen MR) is 141 cm³/mol. The maximum absolute atomic E-state index is 13.9. The van der Waals surface area contributed by atoms with Crippen molar-refractivity contribution < 1.29 is 14.5 Å². The minimum atomic E-state index is -0.451. The van der Waals surface area contributed by atoms with Crippen LogP contribution in [-0.2, 0) is 4.79 Å². The number of nitro groups is 1. The number of nitrogens with zero attached hydrogens (tertiary/aromatic N) is 3. The molecule has 0 aromatic heterocycles. The van der Waals surface area contributed by atoms with Gasteiger partial charge in [-0.15, -0.1) is 0 Å². The Balaban J connectivity index is 1.78. The van der Waals surface area contributed by atoms with Crippen molar-refractivity contribution in [2.75, 3.05) is 9.80 Å². The molecule has 0 radical (unpaired) electrons. The molecular formula is C29H31N3O4.